The van der Waals surface area contributed by atoms with Gasteiger partial charge in [-0.05, 0) is 36.8 Å². The molecule has 0 saturated heterocycles. The van der Waals surface area contributed by atoms with Gasteiger partial charge in [-0.15, -0.1) is 0 Å². The Morgan fingerprint density at radius 3 is 2.50 bits per heavy atom. The second kappa shape index (κ2) is 11.1. The van der Waals surface area contributed by atoms with Crippen LogP contribution in [0.15, 0.2) is 24.3 Å². The van der Waals surface area contributed by atoms with E-state index in [4.69, 9.17) is 5.11 Å². The molecule has 0 aliphatic rings. The van der Waals surface area contributed by atoms with Gasteiger partial charge in [0.15, 0.2) is 0 Å². The third kappa shape index (κ3) is 12.1. The molecule has 0 aliphatic carbocycles. The number of aliphatic carboxylic acids is 1. The van der Waals surface area contributed by atoms with Crippen molar-refractivity contribution < 1.29 is 9.90 Å². The lowest BCUT2D eigenvalue weighted by molar-refractivity contribution is -0.131. The Morgan fingerprint density at radius 2 is 1.88 bits per heavy atom. The SMILES string of the molecule is CCCCC/C=C/C#CC#C/C=C/C(=O)O. The molecule has 0 atom stereocenters. The highest BCUT2D eigenvalue weighted by molar-refractivity contribution is 5.80. The number of hydrogen-bond donors (Lipinski definition) is 1. The van der Waals surface area contributed by atoms with Crippen molar-refractivity contribution in [1.82, 2.24) is 0 Å². The van der Waals surface area contributed by atoms with Crippen molar-refractivity contribution in [3.63, 3.8) is 0 Å². The van der Waals surface area contributed by atoms with E-state index in [2.05, 4.69) is 30.6 Å². The molecule has 0 aromatic carbocycles. The lowest BCUT2D eigenvalue weighted by Gasteiger charge is -1.88. The summed E-state index contributed by atoms with van der Waals surface area (Å²) in [4.78, 5) is 10.1. The Kier molecular flexibility index (Phi) is 9.80. The number of carboxylic acids is 1. The number of rotatable bonds is 5. The van der Waals surface area contributed by atoms with Crippen LogP contribution < -0.4 is 0 Å². The molecule has 0 saturated carbocycles. The van der Waals surface area contributed by atoms with Crippen molar-refractivity contribution >= 4 is 5.97 Å². The van der Waals surface area contributed by atoms with Gasteiger partial charge in [0.1, 0.15) is 0 Å². The van der Waals surface area contributed by atoms with E-state index in [1.165, 1.54) is 25.3 Å². The zero-order valence-corrected chi connectivity index (χ0v) is 9.49. The molecule has 0 spiro atoms. The van der Waals surface area contributed by atoms with Crippen molar-refractivity contribution in [3.8, 4) is 23.7 Å². The fourth-order valence-electron chi connectivity index (χ4n) is 0.923. The van der Waals surface area contributed by atoms with Crippen molar-refractivity contribution in [1.29, 1.82) is 0 Å². The third-order valence-electron chi connectivity index (χ3n) is 1.69. The first kappa shape index (κ1) is 14.1. The fourth-order valence-corrected chi connectivity index (χ4v) is 0.923. The minimum atomic E-state index is -1.00. The Hall–Kier alpha value is -1.93. The van der Waals surface area contributed by atoms with E-state index in [-0.39, 0.29) is 0 Å². The average Bonchev–Trinajstić information content (AvgIpc) is 2.25. The molecule has 0 unspecified atom stereocenters. The molecule has 0 rings (SSSR count). The average molecular weight is 216 g/mol. The normalized spacial score (nSPS) is 9.56. The molecule has 1 N–H and O–H groups in total. The molecular weight excluding hydrogens is 200 g/mol. The van der Waals surface area contributed by atoms with E-state index < -0.39 is 5.97 Å². The predicted molar refractivity (Wildman–Crippen MR) is 65.6 cm³/mol. The van der Waals surface area contributed by atoms with E-state index in [9.17, 15) is 4.79 Å². The highest BCUT2D eigenvalue weighted by Gasteiger charge is 1.80. The summed E-state index contributed by atoms with van der Waals surface area (Å²) in [5.74, 6) is 9.41. The van der Waals surface area contributed by atoms with Gasteiger partial charge in [0, 0.05) is 6.08 Å². The Morgan fingerprint density at radius 1 is 1.19 bits per heavy atom. The Labute approximate surface area is 97.1 Å². The zero-order valence-electron chi connectivity index (χ0n) is 9.49. The van der Waals surface area contributed by atoms with E-state index in [1.807, 2.05) is 6.08 Å². The van der Waals surface area contributed by atoms with Crippen molar-refractivity contribution in [2.24, 2.45) is 0 Å². The molecule has 0 heterocycles. The number of unbranched alkanes of at least 4 members (excludes halogenated alkanes) is 3. The van der Waals surface area contributed by atoms with Crippen molar-refractivity contribution in [2.75, 3.05) is 0 Å². The highest BCUT2D eigenvalue weighted by atomic mass is 16.4. The lowest BCUT2D eigenvalue weighted by atomic mass is 10.2. The van der Waals surface area contributed by atoms with Crippen LogP contribution in [0.5, 0.6) is 0 Å². The van der Waals surface area contributed by atoms with Crippen LogP contribution in [0.4, 0.5) is 0 Å². The summed E-state index contributed by atoms with van der Waals surface area (Å²) in [6.07, 6.45) is 10.8. The van der Waals surface area contributed by atoms with Gasteiger partial charge < -0.3 is 5.11 Å². The molecule has 0 fully saturated rings. The van der Waals surface area contributed by atoms with E-state index in [0.29, 0.717) is 0 Å². The molecule has 0 aromatic heterocycles. The number of carbonyl (C=O) groups is 1. The Bertz CT molecular complexity index is 367. The third-order valence-corrected chi connectivity index (χ3v) is 1.69. The molecule has 84 valence electrons. The van der Waals surface area contributed by atoms with Crippen LogP contribution in [0, 0.1) is 23.7 Å². The summed E-state index contributed by atoms with van der Waals surface area (Å²) in [7, 11) is 0. The second-order valence-corrected chi connectivity index (χ2v) is 3.11. The van der Waals surface area contributed by atoms with Gasteiger partial charge in [-0.1, -0.05) is 37.7 Å². The number of hydrogen-bond acceptors (Lipinski definition) is 1. The summed E-state index contributed by atoms with van der Waals surface area (Å²) < 4.78 is 0. The molecule has 0 bridgehead atoms. The Balaban J connectivity index is 3.72. The largest absolute Gasteiger partial charge is 0.478 e. The van der Waals surface area contributed by atoms with E-state index >= 15 is 0 Å². The maximum absolute atomic E-state index is 10.1. The van der Waals surface area contributed by atoms with Crippen LogP contribution in [-0.2, 0) is 4.79 Å². The van der Waals surface area contributed by atoms with E-state index in [1.54, 1.807) is 6.08 Å². The van der Waals surface area contributed by atoms with Gasteiger partial charge >= 0.3 is 5.97 Å². The lowest BCUT2D eigenvalue weighted by Crippen LogP contribution is -1.84. The smallest absolute Gasteiger partial charge is 0.328 e. The molecule has 2 nitrogen and oxygen atoms in total. The first-order chi connectivity index (χ1) is 7.77. The fraction of sp³-hybridized carbons (Fsp3) is 0.357. The van der Waals surface area contributed by atoms with Gasteiger partial charge in [-0.3, -0.25) is 0 Å². The van der Waals surface area contributed by atoms with E-state index in [0.717, 1.165) is 12.5 Å². The predicted octanol–water partition coefficient (Wildman–Crippen LogP) is 2.77. The monoisotopic (exact) mass is 216 g/mol. The van der Waals surface area contributed by atoms with Crippen LogP contribution >= 0.6 is 0 Å². The first-order valence-electron chi connectivity index (χ1n) is 5.33. The van der Waals surface area contributed by atoms with Gasteiger partial charge in [-0.2, -0.15) is 0 Å². The molecular formula is C14H16O2. The minimum absolute atomic E-state index is 0.981. The van der Waals surface area contributed by atoms with Crippen LogP contribution in [0.1, 0.15) is 32.6 Å². The molecule has 0 aliphatic heterocycles. The second-order valence-electron chi connectivity index (χ2n) is 3.11. The molecule has 0 radical (unpaired) electrons. The van der Waals surface area contributed by atoms with Crippen molar-refractivity contribution in [3.05, 3.63) is 24.3 Å². The van der Waals surface area contributed by atoms with Gasteiger partial charge in [0.05, 0.1) is 0 Å². The van der Waals surface area contributed by atoms with Crippen molar-refractivity contribution in [2.45, 2.75) is 32.6 Å². The number of carboxylic acid groups (broad SMARTS) is 1. The van der Waals surface area contributed by atoms with Crippen LogP contribution in [-0.4, -0.2) is 11.1 Å². The summed E-state index contributed by atoms with van der Waals surface area (Å²) in [5, 5.41) is 8.26. The highest BCUT2D eigenvalue weighted by Crippen LogP contribution is 1.98. The topological polar surface area (TPSA) is 37.3 Å². The number of allylic oxidation sites excluding steroid dienone is 3. The standard InChI is InChI=1S/C14H16O2/c1-2-3-4-5-6-7-8-9-10-11-12-13-14(15)16/h6-7,12-13H,2-5H2,1H3,(H,15,16)/b7-6+,13-12+. The molecule has 0 amide bonds. The quantitative estimate of drug-likeness (QED) is 0.436. The molecule has 16 heavy (non-hydrogen) atoms. The summed E-state index contributed by atoms with van der Waals surface area (Å²) in [6.45, 7) is 2.17. The summed E-state index contributed by atoms with van der Waals surface area (Å²) in [5.41, 5.74) is 0. The van der Waals surface area contributed by atoms with Crippen LogP contribution in [0.3, 0.4) is 0 Å². The minimum Gasteiger partial charge on any atom is -0.478 e. The molecule has 2 heteroatoms. The summed E-state index contributed by atoms with van der Waals surface area (Å²) >= 11 is 0. The van der Waals surface area contributed by atoms with Crippen LogP contribution in [0.2, 0.25) is 0 Å². The van der Waals surface area contributed by atoms with Gasteiger partial charge in [0.2, 0.25) is 0 Å². The maximum Gasteiger partial charge on any atom is 0.328 e. The zero-order chi connectivity index (χ0) is 12.1. The maximum atomic E-state index is 10.1. The first-order valence-corrected chi connectivity index (χ1v) is 5.33. The summed E-state index contributed by atoms with van der Waals surface area (Å²) in [6, 6.07) is 0. The van der Waals surface area contributed by atoms with Crippen LogP contribution in [0.25, 0.3) is 0 Å². The molecule has 0 aromatic rings. The van der Waals surface area contributed by atoms with Gasteiger partial charge in [0.25, 0.3) is 0 Å². The van der Waals surface area contributed by atoms with Gasteiger partial charge in [-0.25, -0.2) is 4.79 Å².